The van der Waals surface area contributed by atoms with Gasteiger partial charge >= 0.3 is 0 Å². The van der Waals surface area contributed by atoms with Crippen molar-refractivity contribution in [1.82, 2.24) is 10.2 Å². The van der Waals surface area contributed by atoms with Crippen LogP contribution in [0.15, 0.2) is 29.0 Å². The third-order valence-corrected chi connectivity index (χ3v) is 7.23. The third-order valence-electron chi connectivity index (χ3n) is 7.23. The van der Waals surface area contributed by atoms with E-state index >= 15 is 0 Å². The Morgan fingerprint density at radius 1 is 1.20 bits per heavy atom. The lowest BCUT2D eigenvalue weighted by Crippen LogP contribution is -2.65. The van der Waals surface area contributed by atoms with Crippen molar-refractivity contribution in [1.29, 1.82) is 0 Å². The van der Waals surface area contributed by atoms with E-state index in [-0.39, 0.29) is 42.2 Å². The van der Waals surface area contributed by atoms with E-state index in [1.807, 2.05) is 0 Å². The quantitative estimate of drug-likeness (QED) is 0.308. The Morgan fingerprint density at radius 3 is 2.43 bits per heavy atom. The summed E-state index contributed by atoms with van der Waals surface area (Å²) < 4.78 is 0. The fraction of sp³-hybridized carbons (Fsp3) is 0.417. The van der Waals surface area contributed by atoms with E-state index in [1.54, 1.807) is 6.07 Å². The van der Waals surface area contributed by atoms with Crippen molar-refractivity contribution in [3.63, 3.8) is 0 Å². The van der Waals surface area contributed by atoms with Gasteiger partial charge in [-0.1, -0.05) is 6.07 Å². The minimum Gasteiger partial charge on any atom is -0.508 e. The number of phenols is 1. The Kier molecular flexibility index (Phi) is 5.73. The zero-order valence-electron chi connectivity index (χ0n) is 19.5. The minimum absolute atomic E-state index is 0.000987. The number of aromatic hydroxyl groups is 1. The van der Waals surface area contributed by atoms with Crippen LogP contribution in [0, 0.1) is 11.8 Å². The van der Waals surface area contributed by atoms with Gasteiger partial charge in [-0.2, -0.15) is 0 Å². The summed E-state index contributed by atoms with van der Waals surface area (Å²) in [6, 6.07) is 1.78. The number of hydrogen-bond donors (Lipinski definition) is 6. The molecule has 7 N–H and O–H groups in total. The molecule has 11 nitrogen and oxygen atoms in total. The summed E-state index contributed by atoms with van der Waals surface area (Å²) in [7, 11) is 3.08. The number of phenolic OH excluding ortho intramolecular Hbond substituents is 1. The number of carbonyl (C=O) groups is 4. The van der Waals surface area contributed by atoms with Crippen molar-refractivity contribution in [3.05, 3.63) is 45.7 Å². The van der Waals surface area contributed by atoms with Gasteiger partial charge in [-0.25, -0.2) is 0 Å². The van der Waals surface area contributed by atoms with Crippen molar-refractivity contribution in [2.45, 2.75) is 38.0 Å². The van der Waals surface area contributed by atoms with Crippen LogP contribution in [-0.2, 0) is 32.1 Å². The Balaban J connectivity index is 1.93. The number of benzene rings is 1. The van der Waals surface area contributed by atoms with Crippen LogP contribution in [0.25, 0.3) is 5.76 Å². The number of nitrogens with zero attached hydrogens (tertiary/aromatic N) is 1. The van der Waals surface area contributed by atoms with E-state index in [4.69, 9.17) is 5.73 Å². The van der Waals surface area contributed by atoms with Gasteiger partial charge < -0.3 is 31.5 Å². The number of rotatable bonds is 4. The standard InChI is InChI=1S/C24H27N3O8/c1-9(28)26-8-10-4-5-14(29)16-12(10)6-11-7-13-18(27(2)3)20(31)17(23(25)34)22(33)24(13,35)21(32)15(11)19(16)30/h4-5,11,13,18,29-30,33,35H,6-8H2,1-3H3,(H2,25,34)(H,26,28)/t11?,13?,18?,24-/m0/s1. The maximum atomic E-state index is 13.7. The number of fused-ring (bicyclic) bond motifs is 3. The maximum Gasteiger partial charge on any atom is 0.255 e. The SMILES string of the molecule is CC(=O)NCc1ccc(O)c2c1CC1CC3C(N(C)C)C(=O)C(C(N)=O)=C(O)[C@@]3(O)C(=O)C1=C2O. The molecule has 0 saturated heterocycles. The van der Waals surface area contributed by atoms with Gasteiger partial charge in [0.15, 0.2) is 11.4 Å². The predicted octanol–water partition coefficient (Wildman–Crippen LogP) is -0.400. The number of Topliss-reactive ketones (excluding diaryl/α,β-unsaturated/α-hetero) is 2. The lowest BCUT2D eigenvalue weighted by Gasteiger charge is -2.50. The van der Waals surface area contributed by atoms with E-state index in [0.29, 0.717) is 11.1 Å². The van der Waals surface area contributed by atoms with Crippen LogP contribution in [0.1, 0.15) is 30.0 Å². The Morgan fingerprint density at radius 2 is 1.86 bits per heavy atom. The molecule has 2 amide bonds. The van der Waals surface area contributed by atoms with E-state index in [2.05, 4.69) is 5.32 Å². The van der Waals surface area contributed by atoms with Crippen molar-refractivity contribution < 1.29 is 39.6 Å². The number of hydrogen-bond acceptors (Lipinski definition) is 9. The average molecular weight is 485 g/mol. The molecule has 0 aromatic heterocycles. The van der Waals surface area contributed by atoms with Gasteiger partial charge in [-0.3, -0.25) is 24.1 Å². The van der Waals surface area contributed by atoms with E-state index in [1.165, 1.54) is 32.0 Å². The predicted molar refractivity (Wildman–Crippen MR) is 122 cm³/mol. The highest BCUT2D eigenvalue weighted by molar-refractivity contribution is 6.24. The first-order chi connectivity index (χ1) is 16.3. The van der Waals surface area contributed by atoms with Gasteiger partial charge in [0, 0.05) is 25.0 Å². The first-order valence-electron chi connectivity index (χ1n) is 11.0. The molecule has 1 fully saturated rings. The van der Waals surface area contributed by atoms with Crippen LogP contribution in [0.2, 0.25) is 0 Å². The summed E-state index contributed by atoms with van der Waals surface area (Å²) in [5.74, 6) is -7.24. The second-order valence-electron chi connectivity index (χ2n) is 9.47. The number of carbonyl (C=O) groups excluding carboxylic acids is 4. The largest absolute Gasteiger partial charge is 0.508 e. The summed E-state index contributed by atoms with van der Waals surface area (Å²) in [6.45, 7) is 1.48. The van der Waals surface area contributed by atoms with Gasteiger partial charge in [0.05, 0.1) is 11.6 Å². The van der Waals surface area contributed by atoms with Gasteiger partial charge in [-0.05, 0) is 50.0 Å². The summed E-state index contributed by atoms with van der Waals surface area (Å²) in [6.07, 6.45) is 0.166. The molecule has 1 aromatic rings. The highest BCUT2D eigenvalue weighted by Crippen LogP contribution is 2.52. The summed E-state index contributed by atoms with van der Waals surface area (Å²) in [4.78, 5) is 51.7. The van der Waals surface area contributed by atoms with Crippen molar-refractivity contribution >= 4 is 29.1 Å². The molecule has 0 bridgehead atoms. The first-order valence-corrected chi connectivity index (χ1v) is 11.0. The highest BCUT2D eigenvalue weighted by Gasteiger charge is 2.64. The number of likely N-dealkylation sites (N-methyl/N-ethyl adjacent to an activating group) is 1. The second-order valence-corrected chi connectivity index (χ2v) is 9.47. The smallest absolute Gasteiger partial charge is 0.255 e. The molecule has 0 spiro atoms. The van der Waals surface area contributed by atoms with Crippen LogP contribution >= 0.6 is 0 Å². The molecule has 0 aliphatic heterocycles. The number of aliphatic hydroxyl groups is 3. The number of ketones is 2. The molecule has 0 heterocycles. The number of nitrogens with one attached hydrogen (secondary N) is 1. The first kappa shape index (κ1) is 24.4. The lowest BCUT2D eigenvalue weighted by molar-refractivity contribution is -0.153. The zero-order chi connectivity index (χ0) is 26.0. The molecule has 11 heteroatoms. The number of nitrogens with two attached hydrogens (primary N) is 1. The maximum absolute atomic E-state index is 13.7. The van der Waals surface area contributed by atoms with Crippen molar-refractivity contribution in [3.8, 4) is 5.75 Å². The van der Waals surface area contributed by atoms with E-state index in [0.717, 1.165) is 0 Å². The van der Waals surface area contributed by atoms with Crippen molar-refractivity contribution in [2.75, 3.05) is 14.1 Å². The molecule has 4 rings (SSSR count). The molecule has 4 atom stereocenters. The summed E-state index contributed by atoms with van der Waals surface area (Å²) in [5, 5.41) is 46.7. The fourth-order valence-corrected chi connectivity index (χ4v) is 5.69. The monoisotopic (exact) mass is 485 g/mol. The van der Waals surface area contributed by atoms with E-state index in [9.17, 15) is 39.6 Å². The van der Waals surface area contributed by atoms with E-state index < -0.39 is 58.0 Å². The molecule has 3 unspecified atom stereocenters. The molecular formula is C24H27N3O8. The molecule has 1 aromatic carbocycles. The molecular weight excluding hydrogens is 458 g/mol. The minimum atomic E-state index is -2.67. The Bertz CT molecular complexity index is 1250. The number of primary amides is 1. The normalized spacial score (nSPS) is 28.0. The molecule has 1 saturated carbocycles. The van der Waals surface area contributed by atoms with Gasteiger partial charge in [0.25, 0.3) is 5.91 Å². The van der Waals surface area contributed by atoms with Gasteiger partial charge in [0.2, 0.25) is 11.7 Å². The summed E-state index contributed by atoms with van der Waals surface area (Å²) in [5.41, 5.74) is 2.68. The van der Waals surface area contributed by atoms with Gasteiger partial charge in [0.1, 0.15) is 22.8 Å². The lowest BCUT2D eigenvalue weighted by atomic mass is 9.57. The molecule has 3 aliphatic rings. The second kappa shape index (κ2) is 8.21. The third kappa shape index (κ3) is 3.41. The highest BCUT2D eigenvalue weighted by atomic mass is 16.3. The van der Waals surface area contributed by atoms with Crippen LogP contribution in [-0.4, -0.2) is 74.4 Å². The Labute approximate surface area is 200 Å². The van der Waals surface area contributed by atoms with Crippen LogP contribution in [0.4, 0.5) is 0 Å². The number of amides is 2. The van der Waals surface area contributed by atoms with Crippen LogP contribution < -0.4 is 11.1 Å². The van der Waals surface area contributed by atoms with Crippen molar-refractivity contribution in [2.24, 2.45) is 17.6 Å². The fourth-order valence-electron chi connectivity index (χ4n) is 5.69. The molecule has 35 heavy (non-hydrogen) atoms. The van der Waals surface area contributed by atoms with Gasteiger partial charge in [-0.15, -0.1) is 0 Å². The Hall–Kier alpha value is -3.70. The number of aliphatic hydroxyl groups excluding tert-OH is 2. The molecule has 0 radical (unpaired) electrons. The van der Waals surface area contributed by atoms with Crippen LogP contribution in [0.5, 0.6) is 5.75 Å². The summed E-state index contributed by atoms with van der Waals surface area (Å²) >= 11 is 0. The zero-order valence-corrected chi connectivity index (χ0v) is 19.5. The van der Waals surface area contributed by atoms with Crippen LogP contribution in [0.3, 0.4) is 0 Å². The molecule has 3 aliphatic carbocycles. The topological polar surface area (TPSA) is 190 Å². The average Bonchev–Trinajstić information content (AvgIpc) is 2.75. The molecule has 186 valence electrons.